The third-order valence-electron chi connectivity index (χ3n) is 4.15. The largest absolute Gasteiger partial charge is 0.416 e. The highest BCUT2D eigenvalue weighted by molar-refractivity contribution is 5.64. The van der Waals surface area contributed by atoms with E-state index in [1.165, 1.54) is 24.4 Å². The first-order valence-electron chi connectivity index (χ1n) is 8.02. The first-order chi connectivity index (χ1) is 13.2. The van der Waals surface area contributed by atoms with Gasteiger partial charge in [0.2, 0.25) is 0 Å². The Morgan fingerprint density at radius 3 is 2.50 bits per heavy atom. The average molecular weight is 394 g/mol. The molecule has 3 rings (SSSR count). The number of alkyl halides is 3. The van der Waals surface area contributed by atoms with E-state index in [9.17, 15) is 27.7 Å². The van der Waals surface area contributed by atoms with E-state index < -0.39 is 34.2 Å². The summed E-state index contributed by atoms with van der Waals surface area (Å²) in [5, 5.41) is 14.1. The van der Waals surface area contributed by atoms with E-state index in [-0.39, 0.29) is 11.3 Å². The molecular formula is C18H14F4N4O2. The second-order valence-corrected chi connectivity index (χ2v) is 5.98. The van der Waals surface area contributed by atoms with Gasteiger partial charge in [-0.15, -0.1) is 0 Å². The predicted octanol–water partition coefficient (Wildman–Crippen LogP) is 4.69. The van der Waals surface area contributed by atoms with Crippen molar-refractivity contribution in [2.45, 2.75) is 12.2 Å². The summed E-state index contributed by atoms with van der Waals surface area (Å²) in [6.45, 7) is 0. The zero-order valence-electron chi connectivity index (χ0n) is 14.4. The van der Waals surface area contributed by atoms with E-state index in [4.69, 9.17) is 0 Å². The fraction of sp³-hybridized carbons (Fsp3) is 0.167. The molecule has 28 heavy (non-hydrogen) atoms. The van der Waals surface area contributed by atoms with Gasteiger partial charge in [0.15, 0.2) is 0 Å². The molecule has 0 amide bonds. The van der Waals surface area contributed by atoms with Crippen molar-refractivity contribution in [3.05, 3.63) is 87.7 Å². The first kappa shape index (κ1) is 19.3. The van der Waals surface area contributed by atoms with Gasteiger partial charge in [0, 0.05) is 31.1 Å². The lowest BCUT2D eigenvalue weighted by molar-refractivity contribution is -0.384. The van der Waals surface area contributed by atoms with Gasteiger partial charge in [-0.1, -0.05) is 18.2 Å². The minimum Gasteiger partial charge on any atom is -0.366 e. The van der Waals surface area contributed by atoms with Crippen molar-refractivity contribution in [1.82, 2.24) is 9.55 Å². The summed E-state index contributed by atoms with van der Waals surface area (Å²) in [5.41, 5.74) is -1.96. The molecule has 0 radical (unpaired) electrons. The normalized spacial score (nSPS) is 12.6. The van der Waals surface area contributed by atoms with Crippen LogP contribution in [0.15, 0.2) is 54.9 Å². The maximum atomic E-state index is 14.4. The van der Waals surface area contributed by atoms with Gasteiger partial charge >= 0.3 is 6.18 Å². The first-order valence-corrected chi connectivity index (χ1v) is 8.02. The smallest absolute Gasteiger partial charge is 0.366 e. The van der Waals surface area contributed by atoms with Crippen LogP contribution >= 0.6 is 0 Å². The molecule has 1 heterocycles. The van der Waals surface area contributed by atoms with Crippen LogP contribution < -0.4 is 5.32 Å². The molecule has 0 aliphatic carbocycles. The highest BCUT2D eigenvalue weighted by Gasteiger charge is 2.34. The second-order valence-electron chi connectivity index (χ2n) is 5.98. The SMILES string of the molecule is Cn1ccnc1[C@H](Nc1ccc(C(F)(F)F)cc1[N+](=O)[O-])c1ccccc1F. The van der Waals surface area contributed by atoms with Crippen LogP contribution in [0.3, 0.4) is 0 Å². The molecule has 1 atom stereocenters. The van der Waals surface area contributed by atoms with Crippen molar-refractivity contribution in [1.29, 1.82) is 0 Å². The van der Waals surface area contributed by atoms with Crippen molar-refractivity contribution in [2.24, 2.45) is 7.05 Å². The maximum Gasteiger partial charge on any atom is 0.416 e. The summed E-state index contributed by atoms with van der Waals surface area (Å²) in [6.07, 6.45) is -1.66. The molecule has 1 N–H and O–H groups in total. The zero-order chi connectivity index (χ0) is 20.5. The molecule has 0 fully saturated rings. The van der Waals surface area contributed by atoms with Crippen molar-refractivity contribution < 1.29 is 22.5 Å². The number of nitrogens with zero attached hydrogens (tertiary/aromatic N) is 3. The Kier molecular flexibility index (Phi) is 5.04. The summed E-state index contributed by atoms with van der Waals surface area (Å²) in [7, 11) is 1.65. The molecule has 0 aliphatic rings. The molecule has 0 saturated heterocycles. The lowest BCUT2D eigenvalue weighted by atomic mass is 10.0. The third kappa shape index (κ3) is 3.80. The number of hydrogen-bond acceptors (Lipinski definition) is 4. The van der Waals surface area contributed by atoms with Crippen molar-refractivity contribution in [3.63, 3.8) is 0 Å². The van der Waals surface area contributed by atoms with Gasteiger partial charge in [0.05, 0.1) is 10.5 Å². The minimum atomic E-state index is -4.73. The van der Waals surface area contributed by atoms with Crippen LogP contribution in [0.5, 0.6) is 0 Å². The fourth-order valence-corrected chi connectivity index (χ4v) is 2.78. The van der Waals surface area contributed by atoms with Crippen molar-refractivity contribution in [3.8, 4) is 0 Å². The topological polar surface area (TPSA) is 73.0 Å². The fourth-order valence-electron chi connectivity index (χ4n) is 2.78. The summed E-state index contributed by atoms with van der Waals surface area (Å²) < 4.78 is 54.7. The molecule has 0 unspecified atom stereocenters. The summed E-state index contributed by atoms with van der Waals surface area (Å²) >= 11 is 0. The number of halogens is 4. The second kappa shape index (κ2) is 7.29. The minimum absolute atomic E-state index is 0.144. The molecule has 10 heteroatoms. The molecule has 2 aromatic carbocycles. The number of nitro benzene ring substituents is 1. The molecule has 1 aromatic heterocycles. The van der Waals surface area contributed by atoms with Gasteiger partial charge in [-0.2, -0.15) is 13.2 Å². The van der Waals surface area contributed by atoms with E-state index in [0.717, 1.165) is 12.1 Å². The van der Waals surface area contributed by atoms with Gasteiger partial charge in [-0.05, 0) is 18.2 Å². The quantitative estimate of drug-likeness (QED) is 0.387. The Balaban J connectivity index is 2.11. The molecule has 3 aromatic rings. The number of nitrogens with one attached hydrogen (secondary N) is 1. The lowest BCUT2D eigenvalue weighted by Crippen LogP contribution is -2.19. The van der Waals surface area contributed by atoms with Crippen LogP contribution in [-0.4, -0.2) is 14.5 Å². The molecule has 146 valence electrons. The zero-order valence-corrected chi connectivity index (χ0v) is 14.4. The molecular weight excluding hydrogens is 380 g/mol. The van der Waals surface area contributed by atoms with Crippen LogP contribution in [0.1, 0.15) is 23.0 Å². The van der Waals surface area contributed by atoms with Gasteiger partial charge in [0.1, 0.15) is 23.4 Å². The lowest BCUT2D eigenvalue weighted by Gasteiger charge is -2.21. The Morgan fingerprint density at radius 2 is 1.93 bits per heavy atom. The third-order valence-corrected chi connectivity index (χ3v) is 4.15. The number of aromatic nitrogens is 2. The number of hydrogen-bond donors (Lipinski definition) is 1. The molecule has 0 spiro atoms. The molecule has 6 nitrogen and oxygen atoms in total. The van der Waals surface area contributed by atoms with Crippen LogP contribution in [0, 0.1) is 15.9 Å². The Morgan fingerprint density at radius 1 is 1.21 bits per heavy atom. The molecule has 0 aliphatic heterocycles. The highest BCUT2D eigenvalue weighted by Crippen LogP contribution is 2.37. The van der Waals surface area contributed by atoms with E-state index in [1.807, 2.05) is 0 Å². The molecule has 0 saturated carbocycles. The van der Waals surface area contributed by atoms with E-state index >= 15 is 0 Å². The number of benzene rings is 2. The van der Waals surface area contributed by atoms with Gasteiger partial charge in [-0.25, -0.2) is 9.37 Å². The highest BCUT2D eigenvalue weighted by atomic mass is 19.4. The van der Waals surface area contributed by atoms with Crippen LogP contribution in [0.4, 0.5) is 28.9 Å². The molecule has 0 bridgehead atoms. The Bertz CT molecular complexity index is 1020. The standard InChI is InChI=1S/C18H14F4N4O2/c1-25-9-8-23-17(25)16(12-4-2-3-5-13(12)19)24-14-7-6-11(18(20,21)22)10-15(14)26(27)28/h2-10,16,24H,1H3/t16-/m1/s1. The number of rotatable bonds is 5. The van der Waals surface area contributed by atoms with Gasteiger partial charge in [0.25, 0.3) is 5.69 Å². The number of anilines is 1. The number of imidazole rings is 1. The number of aryl methyl sites for hydroxylation is 1. The van der Waals surface area contributed by atoms with Crippen molar-refractivity contribution in [2.75, 3.05) is 5.32 Å². The summed E-state index contributed by atoms with van der Waals surface area (Å²) in [5.74, 6) is -0.253. The average Bonchev–Trinajstić information content (AvgIpc) is 3.05. The maximum absolute atomic E-state index is 14.4. The van der Waals surface area contributed by atoms with Crippen LogP contribution in [0.25, 0.3) is 0 Å². The predicted molar refractivity (Wildman–Crippen MR) is 93.2 cm³/mol. The number of nitro groups is 1. The Hall–Kier alpha value is -3.43. The monoisotopic (exact) mass is 394 g/mol. The Labute approximate surface area is 156 Å². The van der Waals surface area contributed by atoms with E-state index in [2.05, 4.69) is 10.3 Å². The van der Waals surface area contributed by atoms with E-state index in [1.54, 1.807) is 23.9 Å². The summed E-state index contributed by atoms with van der Waals surface area (Å²) in [6, 6.07) is 6.91. The summed E-state index contributed by atoms with van der Waals surface area (Å²) in [4.78, 5) is 14.6. The van der Waals surface area contributed by atoms with Gasteiger partial charge in [-0.3, -0.25) is 10.1 Å². The van der Waals surface area contributed by atoms with E-state index in [0.29, 0.717) is 11.9 Å². The van der Waals surface area contributed by atoms with Crippen LogP contribution in [0.2, 0.25) is 0 Å². The van der Waals surface area contributed by atoms with Crippen LogP contribution in [-0.2, 0) is 13.2 Å². The van der Waals surface area contributed by atoms with Crippen molar-refractivity contribution >= 4 is 11.4 Å². The van der Waals surface area contributed by atoms with Gasteiger partial charge < -0.3 is 9.88 Å².